The van der Waals surface area contributed by atoms with Crippen LogP contribution in [0, 0.1) is 0 Å². The Morgan fingerprint density at radius 2 is 1.07 bits per heavy atom. The Balaban J connectivity index is 1.26. The molecule has 10 aromatic rings. The van der Waals surface area contributed by atoms with Crippen LogP contribution >= 0.6 is 0 Å². The number of hydrogen-bond donors (Lipinski definition) is 0. The second kappa shape index (κ2) is 8.72. The first kappa shape index (κ1) is 23.5. The van der Waals surface area contributed by atoms with E-state index in [9.17, 15) is 0 Å². The molecule has 4 aromatic heterocycles. The molecule has 5 nitrogen and oxygen atoms in total. The quantitative estimate of drug-likeness (QED) is 0.214. The van der Waals surface area contributed by atoms with Gasteiger partial charge >= 0.3 is 0 Å². The molecule has 10 rings (SSSR count). The van der Waals surface area contributed by atoms with Gasteiger partial charge in [0.2, 0.25) is 11.5 Å². The topological polar surface area (TPSA) is 40.3 Å². The molecule has 0 bridgehead atoms. The van der Waals surface area contributed by atoms with Crippen LogP contribution in [0.3, 0.4) is 0 Å². The number of rotatable bonds is 3. The Kier molecular flexibility index (Phi) is 4.66. The third-order valence-electron chi connectivity index (χ3n) is 8.86. The van der Waals surface area contributed by atoms with Crippen molar-refractivity contribution >= 4 is 60.8 Å². The van der Waals surface area contributed by atoms with Crippen LogP contribution in [0.1, 0.15) is 0 Å². The molecule has 0 atom stereocenters. The number of nitrogens with zero attached hydrogens (tertiary/aromatic N) is 4. The third-order valence-corrected chi connectivity index (χ3v) is 8.86. The van der Waals surface area contributed by atoms with E-state index in [-0.39, 0.29) is 0 Å². The molecule has 0 amide bonds. The van der Waals surface area contributed by atoms with Gasteiger partial charge in [-0.25, -0.2) is 9.38 Å². The maximum absolute atomic E-state index is 6.39. The number of furan rings is 1. The first-order chi connectivity index (χ1) is 21.8. The first-order valence-electron chi connectivity index (χ1n) is 14.8. The average Bonchev–Trinajstić information content (AvgIpc) is 3.80. The maximum Gasteiger partial charge on any atom is 0.234 e. The number of fused-ring (bicyclic) bond motifs is 10. The highest BCUT2D eigenvalue weighted by atomic mass is 16.3. The fourth-order valence-electron chi connectivity index (χ4n) is 6.90. The first-order valence-corrected chi connectivity index (χ1v) is 14.8. The maximum atomic E-state index is 6.39. The Bertz CT molecular complexity index is 2710. The predicted octanol–water partition coefficient (Wildman–Crippen LogP) is 9.94. The van der Waals surface area contributed by atoms with E-state index in [1.165, 1.54) is 21.8 Å². The summed E-state index contributed by atoms with van der Waals surface area (Å²) >= 11 is 0. The fraction of sp³-hybridized carbons (Fsp3) is 0. The molecule has 44 heavy (non-hydrogen) atoms. The lowest BCUT2D eigenvalue weighted by atomic mass is 10.0. The smallest absolute Gasteiger partial charge is 0.234 e. The van der Waals surface area contributed by atoms with E-state index in [2.05, 4.69) is 135 Å². The van der Waals surface area contributed by atoms with Gasteiger partial charge in [-0.2, -0.15) is 0 Å². The summed E-state index contributed by atoms with van der Waals surface area (Å²) in [5.41, 5.74) is 11.5. The van der Waals surface area contributed by atoms with Crippen molar-refractivity contribution in [2.45, 2.75) is 0 Å². The van der Waals surface area contributed by atoms with E-state index in [4.69, 9.17) is 9.40 Å². The van der Waals surface area contributed by atoms with Crippen molar-refractivity contribution in [3.63, 3.8) is 0 Å². The van der Waals surface area contributed by atoms with E-state index in [0.29, 0.717) is 0 Å². The van der Waals surface area contributed by atoms with Crippen molar-refractivity contribution in [2.24, 2.45) is 0 Å². The zero-order valence-electron chi connectivity index (χ0n) is 23.6. The third kappa shape index (κ3) is 3.15. The number of imidazole rings is 2. The van der Waals surface area contributed by atoms with Crippen molar-refractivity contribution in [1.29, 1.82) is 0 Å². The lowest BCUT2D eigenvalue weighted by Gasteiger charge is -2.10. The minimum Gasteiger partial charge on any atom is -0.437 e. The second-order valence-corrected chi connectivity index (χ2v) is 11.3. The van der Waals surface area contributed by atoms with Crippen molar-refractivity contribution in [3.8, 4) is 22.5 Å². The van der Waals surface area contributed by atoms with E-state index < -0.39 is 0 Å². The molecule has 0 aliphatic carbocycles. The molecule has 0 spiro atoms. The van der Waals surface area contributed by atoms with Gasteiger partial charge in [-0.05, 0) is 71.8 Å². The number of para-hydroxylation sites is 4. The number of aromatic nitrogens is 4. The Morgan fingerprint density at radius 3 is 1.86 bits per heavy atom. The van der Waals surface area contributed by atoms with Crippen LogP contribution in [0.4, 0.5) is 0 Å². The highest BCUT2D eigenvalue weighted by Crippen LogP contribution is 2.38. The van der Waals surface area contributed by atoms with Gasteiger partial charge in [0.1, 0.15) is 11.1 Å². The highest BCUT2D eigenvalue weighted by Gasteiger charge is 2.22. The molecule has 0 unspecified atom stereocenters. The lowest BCUT2D eigenvalue weighted by molar-refractivity contribution is 0.651. The molecule has 5 heteroatoms. The monoisotopic (exact) mass is 564 g/mol. The molecular formula is C39H24N4O. The molecule has 4 heterocycles. The molecule has 206 valence electrons. The molecule has 6 aromatic carbocycles. The molecule has 0 fully saturated rings. The van der Waals surface area contributed by atoms with Crippen LogP contribution < -0.4 is 0 Å². The van der Waals surface area contributed by atoms with Crippen LogP contribution in [-0.4, -0.2) is 18.5 Å². The summed E-state index contributed by atoms with van der Waals surface area (Å²) in [6, 6.07) is 51.3. The van der Waals surface area contributed by atoms with Crippen LogP contribution in [0.5, 0.6) is 0 Å². The molecule has 0 aliphatic heterocycles. The van der Waals surface area contributed by atoms with Gasteiger partial charge in [-0.1, -0.05) is 84.9 Å². The van der Waals surface area contributed by atoms with Gasteiger partial charge in [0, 0.05) is 27.5 Å². The van der Waals surface area contributed by atoms with Crippen LogP contribution in [-0.2, 0) is 0 Å². The minimum atomic E-state index is 0.766. The molecule has 0 aliphatic rings. The van der Waals surface area contributed by atoms with E-state index in [1.807, 2.05) is 24.3 Å². The normalized spacial score (nSPS) is 12.1. The molecule has 0 saturated carbocycles. The fourth-order valence-corrected chi connectivity index (χ4v) is 6.90. The summed E-state index contributed by atoms with van der Waals surface area (Å²) in [6.45, 7) is 0. The SMILES string of the molecule is c1ccc(-n2c3ccccc3c3ccc(-c4ccc5c(c4)n(-c4ccccc4)c4nc6c7ccccc7oc6n54)cc32)cc1. The van der Waals surface area contributed by atoms with Gasteiger partial charge in [-0.15, -0.1) is 0 Å². The number of hydrogen-bond acceptors (Lipinski definition) is 2. The van der Waals surface area contributed by atoms with Gasteiger partial charge in [0.25, 0.3) is 0 Å². The summed E-state index contributed by atoms with van der Waals surface area (Å²) < 4.78 is 13.2. The van der Waals surface area contributed by atoms with Crippen molar-refractivity contribution in [1.82, 2.24) is 18.5 Å². The van der Waals surface area contributed by atoms with E-state index in [1.54, 1.807) is 0 Å². The Labute approximate surface area is 251 Å². The van der Waals surface area contributed by atoms with Crippen LogP contribution in [0.25, 0.3) is 83.3 Å². The van der Waals surface area contributed by atoms with Crippen molar-refractivity contribution in [3.05, 3.63) is 146 Å². The number of benzene rings is 6. The summed E-state index contributed by atoms with van der Waals surface area (Å²) in [5.74, 6) is 0.836. The standard InChI is InChI=1S/C39H24N4O/c1-3-11-27(12-4-1)41-32-17-9-7-15-29(32)30-21-19-25(23-34(30)41)26-20-22-33-35(24-26)42(28-13-5-2-6-14-28)39-40-37-31-16-8-10-18-36(31)44-38(37)43(33)39/h1-24H. The predicted molar refractivity (Wildman–Crippen MR) is 179 cm³/mol. The summed E-state index contributed by atoms with van der Waals surface area (Å²) in [7, 11) is 0. The van der Waals surface area contributed by atoms with Crippen molar-refractivity contribution in [2.75, 3.05) is 0 Å². The second-order valence-electron chi connectivity index (χ2n) is 11.3. The Hall–Kier alpha value is -6.07. The lowest BCUT2D eigenvalue weighted by Crippen LogP contribution is -1.95. The van der Waals surface area contributed by atoms with Crippen molar-refractivity contribution < 1.29 is 4.42 Å². The molecule has 0 N–H and O–H groups in total. The largest absolute Gasteiger partial charge is 0.437 e. The molecule has 0 saturated heterocycles. The average molecular weight is 565 g/mol. The summed E-state index contributed by atoms with van der Waals surface area (Å²) in [6.07, 6.45) is 0. The van der Waals surface area contributed by atoms with Gasteiger partial charge in [-0.3, -0.25) is 4.57 Å². The molecular weight excluding hydrogens is 540 g/mol. The highest BCUT2D eigenvalue weighted by molar-refractivity contribution is 6.10. The summed E-state index contributed by atoms with van der Waals surface area (Å²) in [5, 5.41) is 3.52. The van der Waals surface area contributed by atoms with Gasteiger partial charge in [0.15, 0.2) is 0 Å². The van der Waals surface area contributed by atoms with Crippen LogP contribution in [0.2, 0.25) is 0 Å². The van der Waals surface area contributed by atoms with E-state index in [0.717, 1.165) is 61.5 Å². The zero-order chi connectivity index (χ0) is 28.8. The zero-order valence-corrected chi connectivity index (χ0v) is 23.6. The van der Waals surface area contributed by atoms with E-state index >= 15 is 0 Å². The van der Waals surface area contributed by atoms with Gasteiger partial charge in [0.05, 0.1) is 22.1 Å². The minimum absolute atomic E-state index is 0.766. The summed E-state index contributed by atoms with van der Waals surface area (Å²) in [4.78, 5) is 5.16. The van der Waals surface area contributed by atoms with Gasteiger partial charge < -0.3 is 8.98 Å². The molecule has 0 radical (unpaired) electrons. The van der Waals surface area contributed by atoms with Crippen LogP contribution in [0.15, 0.2) is 150 Å². The Morgan fingerprint density at radius 1 is 0.455 bits per heavy atom.